The quantitative estimate of drug-likeness (QED) is 0.664. The summed E-state index contributed by atoms with van der Waals surface area (Å²) in [6.07, 6.45) is 7.87. The van der Waals surface area contributed by atoms with E-state index in [1.807, 2.05) is 6.92 Å². The van der Waals surface area contributed by atoms with Crippen molar-refractivity contribution in [2.24, 2.45) is 0 Å². The molecule has 0 atom stereocenters. The average molecular weight is 176 g/mol. The predicted octanol–water partition coefficient (Wildman–Crippen LogP) is 1.71. The normalized spacial score (nSPS) is 10.1. The number of aromatic nitrogens is 3. The van der Waals surface area contributed by atoms with Crippen molar-refractivity contribution >= 4 is 11.3 Å². The summed E-state index contributed by atoms with van der Waals surface area (Å²) in [5.74, 6) is 0. The molecule has 0 unspecified atom stereocenters. The number of aryl methyl sites for hydroxylation is 1. The highest BCUT2D eigenvalue weighted by Crippen LogP contribution is 2.20. The fourth-order valence-electron chi connectivity index (χ4n) is 0.839. The third-order valence-electron chi connectivity index (χ3n) is 1.35. The third-order valence-corrected chi connectivity index (χ3v) is 2.24. The Morgan fingerprint density at radius 1 is 1.42 bits per heavy atom. The monoisotopic (exact) mass is 176 g/mol. The van der Waals surface area contributed by atoms with Crippen molar-refractivity contribution in [3.05, 3.63) is 29.7 Å². The van der Waals surface area contributed by atoms with Gasteiger partial charge in [0.15, 0.2) is 0 Å². The van der Waals surface area contributed by atoms with Crippen LogP contribution in [0.2, 0.25) is 0 Å². The molecular formula is C8H6N3S. The minimum atomic E-state index is 0.812. The van der Waals surface area contributed by atoms with E-state index in [-0.39, 0.29) is 0 Å². The summed E-state index contributed by atoms with van der Waals surface area (Å²) in [5, 5.41) is 0.876. The van der Waals surface area contributed by atoms with Crippen LogP contribution < -0.4 is 0 Å². The molecule has 1 radical (unpaired) electrons. The molecule has 0 aromatic carbocycles. The molecule has 0 spiro atoms. The van der Waals surface area contributed by atoms with Crippen molar-refractivity contribution in [1.82, 2.24) is 15.0 Å². The van der Waals surface area contributed by atoms with Gasteiger partial charge in [-0.3, -0.25) is 9.97 Å². The first kappa shape index (κ1) is 7.36. The molecule has 0 aliphatic rings. The van der Waals surface area contributed by atoms with Gasteiger partial charge >= 0.3 is 0 Å². The Morgan fingerprint density at radius 3 is 2.92 bits per heavy atom. The van der Waals surface area contributed by atoms with Gasteiger partial charge in [-0.25, -0.2) is 4.98 Å². The number of hydrogen-bond donors (Lipinski definition) is 0. The van der Waals surface area contributed by atoms with Crippen molar-refractivity contribution in [3.63, 3.8) is 0 Å². The van der Waals surface area contributed by atoms with Crippen molar-refractivity contribution in [3.8, 4) is 10.7 Å². The first-order chi connectivity index (χ1) is 5.86. The van der Waals surface area contributed by atoms with E-state index < -0.39 is 0 Å². The standard InChI is InChI=1S/C8H6N3S/c1-6-4-11-8(12-6)7-5-9-2-3-10-7/h2-3,5H,1H3. The number of rotatable bonds is 1. The highest BCUT2D eigenvalue weighted by Gasteiger charge is 2.02. The number of hydrogen-bond acceptors (Lipinski definition) is 4. The van der Waals surface area contributed by atoms with Crippen molar-refractivity contribution in [1.29, 1.82) is 0 Å². The van der Waals surface area contributed by atoms with Crippen LogP contribution in [0.3, 0.4) is 0 Å². The lowest BCUT2D eigenvalue weighted by atomic mass is 10.5. The summed E-state index contributed by atoms with van der Waals surface area (Å²) < 4.78 is 0. The summed E-state index contributed by atoms with van der Waals surface area (Å²) in [5.41, 5.74) is 0.812. The molecule has 0 aliphatic heterocycles. The summed E-state index contributed by atoms with van der Waals surface area (Å²) >= 11 is 1.57. The lowest BCUT2D eigenvalue weighted by molar-refractivity contribution is 1.19. The van der Waals surface area contributed by atoms with Gasteiger partial charge in [-0.05, 0) is 6.92 Å². The van der Waals surface area contributed by atoms with Crippen LogP contribution in [0.15, 0.2) is 18.6 Å². The Bertz CT molecular complexity index is 369. The van der Waals surface area contributed by atoms with E-state index >= 15 is 0 Å². The van der Waals surface area contributed by atoms with E-state index in [1.54, 1.807) is 29.9 Å². The molecule has 0 bridgehead atoms. The highest BCUT2D eigenvalue weighted by atomic mass is 32.1. The van der Waals surface area contributed by atoms with Gasteiger partial charge in [0.2, 0.25) is 0 Å². The lowest BCUT2D eigenvalue weighted by Crippen LogP contribution is -1.81. The second-order valence-electron chi connectivity index (χ2n) is 2.28. The van der Waals surface area contributed by atoms with Crippen LogP contribution >= 0.6 is 11.3 Å². The Morgan fingerprint density at radius 2 is 2.33 bits per heavy atom. The van der Waals surface area contributed by atoms with Crippen molar-refractivity contribution in [2.75, 3.05) is 0 Å². The van der Waals surface area contributed by atoms with Gasteiger partial charge in [-0.1, -0.05) is 0 Å². The van der Waals surface area contributed by atoms with E-state index in [4.69, 9.17) is 0 Å². The molecule has 2 aromatic rings. The van der Waals surface area contributed by atoms with Crippen LogP contribution in [0.1, 0.15) is 4.88 Å². The SMILES string of the molecule is Cc1[c]nc(-c2cnccn2)s1. The Kier molecular flexibility index (Phi) is 1.83. The van der Waals surface area contributed by atoms with E-state index in [9.17, 15) is 0 Å². The minimum absolute atomic E-state index is 0.812. The average Bonchev–Trinajstić information content (AvgIpc) is 2.54. The molecule has 0 saturated carbocycles. The maximum absolute atomic E-state index is 4.13. The van der Waals surface area contributed by atoms with E-state index in [0.29, 0.717) is 0 Å². The van der Waals surface area contributed by atoms with Gasteiger partial charge in [0.25, 0.3) is 0 Å². The zero-order chi connectivity index (χ0) is 8.39. The first-order valence-corrected chi connectivity index (χ1v) is 4.29. The molecule has 3 nitrogen and oxygen atoms in total. The van der Waals surface area contributed by atoms with Crippen LogP contribution in [0.25, 0.3) is 10.7 Å². The van der Waals surface area contributed by atoms with Crippen LogP contribution in [0.5, 0.6) is 0 Å². The van der Waals surface area contributed by atoms with Gasteiger partial charge < -0.3 is 0 Å². The Labute approximate surface area is 74.2 Å². The molecule has 59 valence electrons. The Hall–Kier alpha value is -1.29. The van der Waals surface area contributed by atoms with Gasteiger partial charge in [0, 0.05) is 17.3 Å². The molecule has 4 heteroatoms. The van der Waals surface area contributed by atoms with E-state index in [1.165, 1.54) is 0 Å². The number of nitrogens with zero attached hydrogens (tertiary/aromatic N) is 3. The van der Waals surface area contributed by atoms with Gasteiger partial charge in [-0.2, -0.15) is 0 Å². The molecule has 12 heavy (non-hydrogen) atoms. The van der Waals surface area contributed by atoms with Crippen molar-refractivity contribution < 1.29 is 0 Å². The summed E-state index contributed by atoms with van der Waals surface area (Å²) in [6, 6.07) is 0. The largest absolute Gasteiger partial charge is 0.261 e. The first-order valence-electron chi connectivity index (χ1n) is 3.48. The summed E-state index contributed by atoms with van der Waals surface area (Å²) in [4.78, 5) is 13.2. The fraction of sp³-hybridized carbons (Fsp3) is 0.125. The molecule has 2 aromatic heterocycles. The Balaban J connectivity index is 2.45. The number of thiazole rings is 1. The summed E-state index contributed by atoms with van der Waals surface area (Å²) in [6.45, 7) is 1.97. The van der Waals surface area contributed by atoms with Crippen LogP contribution in [0.4, 0.5) is 0 Å². The lowest BCUT2D eigenvalue weighted by Gasteiger charge is -1.90. The van der Waals surface area contributed by atoms with Gasteiger partial charge in [0.05, 0.1) is 6.20 Å². The zero-order valence-corrected chi connectivity index (χ0v) is 7.30. The predicted molar refractivity (Wildman–Crippen MR) is 46.7 cm³/mol. The molecule has 0 N–H and O–H groups in total. The zero-order valence-electron chi connectivity index (χ0n) is 6.48. The molecule has 2 heterocycles. The van der Waals surface area contributed by atoms with Gasteiger partial charge in [0.1, 0.15) is 16.9 Å². The molecule has 0 amide bonds. The van der Waals surface area contributed by atoms with Crippen molar-refractivity contribution in [2.45, 2.75) is 6.92 Å². The molecule has 0 fully saturated rings. The summed E-state index contributed by atoms with van der Waals surface area (Å²) in [7, 11) is 0. The maximum Gasteiger partial charge on any atom is 0.144 e. The van der Waals surface area contributed by atoms with E-state index in [0.717, 1.165) is 15.6 Å². The maximum atomic E-state index is 4.13. The minimum Gasteiger partial charge on any atom is -0.261 e. The molecule has 0 saturated heterocycles. The topological polar surface area (TPSA) is 38.7 Å². The highest BCUT2D eigenvalue weighted by molar-refractivity contribution is 7.14. The second kappa shape index (κ2) is 2.98. The fourth-order valence-corrected chi connectivity index (χ4v) is 1.52. The van der Waals surface area contributed by atoms with Crippen LogP contribution in [-0.4, -0.2) is 15.0 Å². The third kappa shape index (κ3) is 1.33. The molecule has 0 aliphatic carbocycles. The smallest absolute Gasteiger partial charge is 0.144 e. The van der Waals surface area contributed by atoms with Gasteiger partial charge in [-0.15, -0.1) is 11.3 Å². The molecular weight excluding hydrogens is 170 g/mol. The molecule has 2 rings (SSSR count). The van der Waals surface area contributed by atoms with Crippen LogP contribution in [-0.2, 0) is 0 Å². The second-order valence-corrected chi connectivity index (χ2v) is 3.48. The van der Waals surface area contributed by atoms with Crippen LogP contribution in [0, 0.1) is 13.1 Å². The van der Waals surface area contributed by atoms with E-state index in [2.05, 4.69) is 21.1 Å².